The minimum atomic E-state index is 0.0308. The summed E-state index contributed by atoms with van der Waals surface area (Å²) in [6.07, 6.45) is 2.37. The van der Waals surface area contributed by atoms with Gasteiger partial charge in [0.1, 0.15) is 10.8 Å². The molecule has 0 aromatic carbocycles. The summed E-state index contributed by atoms with van der Waals surface area (Å²) in [6, 6.07) is 0.385. The van der Waals surface area contributed by atoms with Crippen molar-refractivity contribution in [1.29, 1.82) is 0 Å². The number of aromatic nitrogens is 3. The summed E-state index contributed by atoms with van der Waals surface area (Å²) in [6.45, 7) is 10.9. The maximum Gasteiger partial charge on any atom is 0.226 e. The minimum absolute atomic E-state index is 0.0308. The molecule has 1 aliphatic heterocycles. The largest absolute Gasteiger partial charge is 0.354 e. The average molecular weight is 347 g/mol. The van der Waals surface area contributed by atoms with E-state index in [9.17, 15) is 4.79 Å². The molecule has 1 atom stereocenters. The van der Waals surface area contributed by atoms with Gasteiger partial charge in [0, 0.05) is 36.4 Å². The number of rotatable bonds is 5. The Morgan fingerprint density at radius 1 is 1.42 bits per heavy atom. The molecule has 1 amide bonds. The van der Waals surface area contributed by atoms with E-state index in [0.717, 1.165) is 41.9 Å². The van der Waals surface area contributed by atoms with Crippen molar-refractivity contribution in [1.82, 2.24) is 24.8 Å². The maximum atomic E-state index is 11.9. The molecule has 24 heavy (non-hydrogen) atoms. The first-order valence-corrected chi connectivity index (χ1v) is 9.30. The molecule has 1 N–H and O–H groups in total. The maximum absolute atomic E-state index is 11.9. The zero-order valence-corrected chi connectivity index (χ0v) is 15.6. The number of aryl methyl sites for hydroxylation is 1. The van der Waals surface area contributed by atoms with Gasteiger partial charge in [-0.25, -0.2) is 9.97 Å². The van der Waals surface area contributed by atoms with Crippen LogP contribution in [0.2, 0.25) is 0 Å². The number of imidazole rings is 1. The molecule has 0 unspecified atom stereocenters. The van der Waals surface area contributed by atoms with Crippen LogP contribution >= 0.6 is 11.3 Å². The van der Waals surface area contributed by atoms with E-state index in [1.54, 1.807) is 11.3 Å². The van der Waals surface area contributed by atoms with E-state index < -0.39 is 0 Å². The van der Waals surface area contributed by atoms with Crippen molar-refractivity contribution in [3.63, 3.8) is 0 Å². The van der Waals surface area contributed by atoms with Gasteiger partial charge >= 0.3 is 0 Å². The van der Waals surface area contributed by atoms with E-state index in [0.29, 0.717) is 6.42 Å². The first-order valence-electron chi connectivity index (χ1n) is 8.42. The molecule has 0 saturated carbocycles. The lowest BCUT2D eigenvalue weighted by Gasteiger charge is -2.33. The van der Waals surface area contributed by atoms with Crippen molar-refractivity contribution < 1.29 is 4.79 Å². The molecule has 0 saturated heterocycles. The molecule has 0 fully saturated rings. The summed E-state index contributed by atoms with van der Waals surface area (Å²) in [5, 5.41) is 6.16. The van der Waals surface area contributed by atoms with Gasteiger partial charge in [-0.3, -0.25) is 9.69 Å². The number of amides is 1. The summed E-state index contributed by atoms with van der Waals surface area (Å²) in [7, 11) is 0. The van der Waals surface area contributed by atoms with Crippen LogP contribution in [-0.2, 0) is 24.3 Å². The SMILES string of the molecule is Cc1csc(CN2CCn3cc(CC(=O)NC(C)C)nc3[C@H]2C)n1. The third-order valence-electron chi connectivity index (χ3n) is 4.20. The Labute approximate surface area is 146 Å². The number of nitrogens with zero attached hydrogens (tertiary/aromatic N) is 4. The van der Waals surface area contributed by atoms with Crippen LogP contribution in [0.3, 0.4) is 0 Å². The summed E-state index contributed by atoms with van der Waals surface area (Å²) in [5.41, 5.74) is 1.93. The second kappa shape index (κ2) is 7.03. The van der Waals surface area contributed by atoms with Crippen LogP contribution in [-0.4, -0.2) is 37.9 Å². The standard InChI is InChI=1S/C17H25N5OS/c1-11(2)18-15(23)7-14-8-22-6-5-21(13(4)17(22)20-14)9-16-19-12(3)10-24-16/h8,10-11,13H,5-7,9H2,1-4H3,(H,18,23)/t13-/m1/s1. The lowest BCUT2D eigenvalue weighted by Crippen LogP contribution is -2.36. The Morgan fingerprint density at radius 2 is 2.21 bits per heavy atom. The molecule has 2 aromatic heterocycles. The monoisotopic (exact) mass is 347 g/mol. The Morgan fingerprint density at radius 3 is 2.88 bits per heavy atom. The van der Waals surface area contributed by atoms with Gasteiger partial charge in [-0.15, -0.1) is 11.3 Å². The minimum Gasteiger partial charge on any atom is -0.354 e. The van der Waals surface area contributed by atoms with Crippen LogP contribution < -0.4 is 5.32 Å². The molecular weight excluding hydrogens is 322 g/mol. The number of nitrogens with one attached hydrogen (secondary N) is 1. The van der Waals surface area contributed by atoms with Crippen LogP contribution in [0.15, 0.2) is 11.6 Å². The van der Waals surface area contributed by atoms with E-state index in [2.05, 4.69) is 32.1 Å². The van der Waals surface area contributed by atoms with Crippen LogP contribution in [0.25, 0.3) is 0 Å². The molecule has 1 aliphatic rings. The van der Waals surface area contributed by atoms with E-state index in [1.165, 1.54) is 0 Å². The lowest BCUT2D eigenvalue weighted by atomic mass is 10.2. The van der Waals surface area contributed by atoms with Crippen molar-refractivity contribution in [2.75, 3.05) is 6.54 Å². The number of hydrogen-bond acceptors (Lipinski definition) is 5. The number of fused-ring (bicyclic) bond motifs is 1. The highest BCUT2D eigenvalue weighted by Gasteiger charge is 2.27. The number of carbonyl (C=O) groups is 1. The highest BCUT2D eigenvalue weighted by molar-refractivity contribution is 7.09. The molecule has 2 aromatic rings. The molecule has 7 heteroatoms. The van der Waals surface area contributed by atoms with Crippen molar-refractivity contribution in [3.8, 4) is 0 Å². The fourth-order valence-corrected chi connectivity index (χ4v) is 3.88. The first-order chi connectivity index (χ1) is 11.4. The zero-order valence-electron chi connectivity index (χ0n) is 14.7. The molecule has 0 aliphatic carbocycles. The van der Waals surface area contributed by atoms with Gasteiger partial charge in [-0.05, 0) is 27.7 Å². The van der Waals surface area contributed by atoms with Crippen molar-refractivity contribution in [2.45, 2.75) is 59.3 Å². The number of hydrogen-bond donors (Lipinski definition) is 1. The fraction of sp³-hybridized carbons (Fsp3) is 0.588. The Hall–Kier alpha value is -1.73. The number of thiazole rings is 1. The highest BCUT2D eigenvalue weighted by atomic mass is 32.1. The van der Waals surface area contributed by atoms with E-state index in [1.807, 2.05) is 27.0 Å². The van der Waals surface area contributed by atoms with Crippen molar-refractivity contribution in [3.05, 3.63) is 33.8 Å². The van der Waals surface area contributed by atoms with E-state index in [-0.39, 0.29) is 18.0 Å². The van der Waals surface area contributed by atoms with Crippen molar-refractivity contribution in [2.24, 2.45) is 0 Å². The third-order valence-corrected chi connectivity index (χ3v) is 5.15. The van der Waals surface area contributed by atoms with Crippen LogP contribution in [0.5, 0.6) is 0 Å². The van der Waals surface area contributed by atoms with Gasteiger partial charge < -0.3 is 9.88 Å². The average Bonchev–Trinajstić information content (AvgIpc) is 3.07. The van der Waals surface area contributed by atoms with Gasteiger partial charge in [0.25, 0.3) is 0 Å². The summed E-state index contributed by atoms with van der Waals surface area (Å²) in [4.78, 5) is 23.6. The van der Waals surface area contributed by atoms with E-state index in [4.69, 9.17) is 4.98 Å². The van der Waals surface area contributed by atoms with Gasteiger partial charge in [-0.2, -0.15) is 0 Å². The molecule has 0 bridgehead atoms. The smallest absolute Gasteiger partial charge is 0.226 e. The molecule has 3 heterocycles. The van der Waals surface area contributed by atoms with Crippen LogP contribution in [0, 0.1) is 6.92 Å². The lowest BCUT2D eigenvalue weighted by molar-refractivity contribution is -0.120. The third kappa shape index (κ3) is 3.84. The summed E-state index contributed by atoms with van der Waals surface area (Å²) >= 11 is 1.71. The second-order valence-electron chi connectivity index (χ2n) is 6.71. The Balaban J connectivity index is 1.68. The van der Waals surface area contributed by atoms with Gasteiger partial charge in [0.2, 0.25) is 5.91 Å². The normalized spacial score (nSPS) is 18.0. The van der Waals surface area contributed by atoms with Crippen molar-refractivity contribution >= 4 is 17.2 Å². The molecule has 3 rings (SSSR count). The molecule has 0 radical (unpaired) electrons. The quantitative estimate of drug-likeness (QED) is 0.901. The highest BCUT2D eigenvalue weighted by Crippen LogP contribution is 2.27. The predicted molar refractivity (Wildman–Crippen MR) is 94.9 cm³/mol. The predicted octanol–water partition coefficient (Wildman–Crippen LogP) is 2.29. The second-order valence-corrected chi connectivity index (χ2v) is 7.65. The molecular formula is C17H25N5OS. The van der Waals surface area contributed by atoms with Gasteiger partial charge in [0.05, 0.1) is 24.7 Å². The summed E-state index contributed by atoms with van der Waals surface area (Å²) < 4.78 is 2.19. The fourth-order valence-electron chi connectivity index (χ4n) is 3.08. The van der Waals surface area contributed by atoms with Crippen LogP contribution in [0.1, 0.15) is 49.0 Å². The first kappa shape index (κ1) is 17.1. The Kier molecular flexibility index (Phi) is 5.01. The molecule has 130 valence electrons. The van der Waals surface area contributed by atoms with E-state index >= 15 is 0 Å². The molecule has 6 nitrogen and oxygen atoms in total. The number of carbonyl (C=O) groups excluding carboxylic acids is 1. The Bertz CT molecular complexity index is 720. The topological polar surface area (TPSA) is 63.1 Å². The van der Waals surface area contributed by atoms with Gasteiger partial charge in [0.15, 0.2) is 0 Å². The summed E-state index contributed by atoms with van der Waals surface area (Å²) in [5.74, 6) is 1.07. The van der Waals surface area contributed by atoms with Gasteiger partial charge in [-0.1, -0.05) is 0 Å². The van der Waals surface area contributed by atoms with Crippen LogP contribution in [0.4, 0.5) is 0 Å². The zero-order chi connectivity index (χ0) is 17.3. The molecule has 0 spiro atoms.